The first-order valence-corrected chi connectivity index (χ1v) is 24.3. The number of carbonyl (C=O) groups is 2. The highest BCUT2D eigenvalue weighted by atomic mass is 32.2. The maximum Gasteiger partial charge on any atom is 0.514 e. The van der Waals surface area contributed by atoms with Crippen molar-refractivity contribution in [3.8, 4) is 50.6 Å². The molecule has 0 aliphatic carbocycles. The third kappa shape index (κ3) is 14.4. The lowest BCUT2D eigenvalue weighted by Crippen LogP contribution is -2.46. The normalized spacial score (nSPS) is 11.8. The fourth-order valence-corrected chi connectivity index (χ4v) is 9.27. The summed E-state index contributed by atoms with van der Waals surface area (Å²) >= 11 is 0. The summed E-state index contributed by atoms with van der Waals surface area (Å²) < 4.78 is 104. The van der Waals surface area contributed by atoms with Crippen molar-refractivity contribution in [2.75, 3.05) is 13.2 Å². The predicted molar refractivity (Wildman–Crippen MR) is 260 cm³/mol. The molecule has 0 spiro atoms. The molecule has 0 aliphatic rings. The molecule has 7 aromatic carbocycles. The number of hydrogen-bond acceptors (Lipinski definition) is 9. The summed E-state index contributed by atoms with van der Waals surface area (Å²) in [4.78, 5) is 28.2. The second-order valence-corrected chi connectivity index (χ2v) is 20.0. The molecule has 0 heterocycles. The highest BCUT2D eigenvalue weighted by Crippen LogP contribution is 2.41. The van der Waals surface area contributed by atoms with Gasteiger partial charge in [0.25, 0.3) is 0 Å². The maximum absolute atomic E-state index is 13.6. The van der Waals surface area contributed by atoms with Gasteiger partial charge in [0, 0.05) is 6.42 Å². The molecule has 0 aromatic heterocycles. The molecule has 7 rings (SSSR count). The molecule has 70 heavy (non-hydrogen) atoms. The molecule has 0 bridgehead atoms. The number of carbonyl (C=O) groups excluding carboxylic acids is 2. The molecule has 7 aromatic rings. The molecule has 0 radical (unpaired) electrons. The van der Waals surface area contributed by atoms with Gasteiger partial charge in [-0.2, -0.15) is 26.0 Å². The van der Waals surface area contributed by atoms with Crippen molar-refractivity contribution < 1.29 is 64.2 Å². The van der Waals surface area contributed by atoms with E-state index in [1.54, 1.807) is 93.6 Å². The zero-order valence-corrected chi connectivity index (χ0v) is 39.8. The van der Waals surface area contributed by atoms with E-state index in [-0.39, 0.29) is 22.4 Å². The van der Waals surface area contributed by atoms with E-state index in [9.17, 15) is 40.7 Å². The zero-order valence-electron chi connectivity index (χ0n) is 38.1. The van der Waals surface area contributed by atoms with Gasteiger partial charge in [-0.1, -0.05) is 91.0 Å². The lowest BCUT2D eigenvalue weighted by Gasteiger charge is -2.23. The monoisotopic (exact) mass is 997 g/mol. The smallest absolute Gasteiger partial charge is 0.508 e. The Morgan fingerprint density at radius 2 is 0.971 bits per heavy atom. The summed E-state index contributed by atoms with van der Waals surface area (Å²) in [5.41, 5.74) is 4.14. The van der Waals surface area contributed by atoms with E-state index in [0.717, 1.165) is 33.4 Å². The second-order valence-electron chi connectivity index (χ2n) is 16.5. The number of alkyl halides is 4. The Morgan fingerprint density at radius 3 is 1.37 bits per heavy atom. The van der Waals surface area contributed by atoms with Crippen molar-refractivity contribution in [3.05, 3.63) is 182 Å². The van der Waals surface area contributed by atoms with E-state index in [0.29, 0.717) is 5.75 Å². The molecule has 2 N–H and O–H groups in total. The minimum Gasteiger partial charge on any atom is -0.508 e. The summed E-state index contributed by atoms with van der Waals surface area (Å²) in [5.74, 6) is -5.41. The van der Waals surface area contributed by atoms with Crippen LogP contribution < -0.4 is 9.47 Å². The molecule has 0 saturated carbocycles. The molecule has 364 valence electrons. The fraction of sp³-hybridized carbons (Fsp3) is 0.185. The minimum atomic E-state index is -6.35. The number of rotatable bonds is 16. The first-order chi connectivity index (χ1) is 33.2. The average Bonchev–Trinajstić information content (AvgIpc) is 3.33. The van der Waals surface area contributed by atoms with Crippen molar-refractivity contribution >= 4 is 33.1 Å². The lowest BCUT2D eigenvalue weighted by atomic mass is 9.93. The number of esters is 1. The largest absolute Gasteiger partial charge is 0.514 e. The van der Waals surface area contributed by atoms with E-state index in [4.69, 9.17) is 23.5 Å². The second kappa shape index (κ2) is 23.0. The Kier molecular flexibility index (Phi) is 17.1. The number of halogens is 4. The molecule has 0 fully saturated rings. The van der Waals surface area contributed by atoms with Gasteiger partial charge in [0.15, 0.2) is 21.3 Å². The van der Waals surface area contributed by atoms with Crippen LogP contribution in [0, 0.1) is 0 Å². The van der Waals surface area contributed by atoms with Crippen LogP contribution in [0.15, 0.2) is 197 Å². The van der Waals surface area contributed by atoms with Gasteiger partial charge in [0.2, 0.25) is 0 Å². The Labute approximate surface area is 406 Å². The lowest BCUT2D eigenvalue weighted by molar-refractivity contribution is -0.167. The van der Waals surface area contributed by atoms with E-state index in [2.05, 4.69) is 91.0 Å². The molecule has 0 aliphatic heterocycles. The minimum absolute atomic E-state index is 0.0146. The van der Waals surface area contributed by atoms with Crippen molar-refractivity contribution in [2.45, 2.75) is 65.1 Å². The molecule has 0 amide bonds. The van der Waals surface area contributed by atoms with Crippen molar-refractivity contribution in [1.82, 2.24) is 0 Å². The summed E-state index contributed by atoms with van der Waals surface area (Å²) in [5, 5.41) is 4.10. The van der Waals surface area contributed by atoms with Gasteiger partial charge < -0.3 is 24.1 Å². The summed E-state index contributed by atoms with van der Waals surface area (Å²) in [7, 11) is -6.37. The van der Waals surface area contributed by atoms with E-state index in [1.165, 1.54) is 14.7 Å². The van der Waals surface area contributed by atoms with Crippen molar-refractivity contribution in [1.29, 1.82) is 0 Å². The number of phenols is 1. The molecule has 0 saturated heterocycles. The number of hydrogen-bond donors (Lipinski definition) is 2. The first-order valence-electron chi connectivity index (χ1n) is 21.7. The van der Waals surface area contributed by atoms with Crippen LogP contribution in [0.25, 0.3) is 33.4 Å². The average molecular weight is 998 g/mol. The van der Waals surface area contributed by atoms with Crippen LogP contribution in [0.1, 0.15) is 33.6 Å². The number of ether oxygens (including phenoxy) is 4. The highest BCUT2D eigenvalue weighted by Gasteiger charge is 2.65. The van der Waals surface area contributed by atoms with Crippen molar-refractivity contribution in [3.63, 3.8) is 0 Å². The van der Waals surface area contributed by atoms with Gasteiger partial charge in [0.05, 0.1) is 17.5 Å². The predicted octanol–water partition coefficient (Wildman–Crippen LogP) is 13.3. The molecular formula is C54H49F4O10S2+. The van der Waals surface area contributed by atoms with E-state index < -0.39 is 65.1 Å². The topological polar surface area (TPSA) is 146 Å². The standard InChI is InChI=1S/C36H34F4O10S.C18H15S/c1-34(2,3)50-33(43)49-31-15-9-25(10-16-31)28-20-26(23-5-11-29(41)12-6-23)19-27(21-28)24-7-13-30(14-8-24)48-22-32(42)47-18-4-17-35(37,38)36(39,40)51(44,45)46;1-4-10-16(11-5-1)19(17-12-6-2-7-13-17)18-14-8-3-9-15-18/h5-16,19-21,41H,4,17-18,22H2,1-3H3,(H,44,45,46);1-15H/q;+1. The summed E-state index contributed by atoms with van der Waals surface area (Å²) in [6, 6.07) is 58.2. The van der Waals surface area contributed by atoms with E-state index >= 15 is 0 Å². The molecular weight excluding hydrogens is 949 g/mol. The Morgan fingerprint density at radius 1 is 0.571 bits per heavy atom. The third-order valence-electron chi connectivity index (χ3n) is 10.0. The summed E-state index contributed by atoms with van der Waals surface area (Å²) in [6.07, 6.45) is -3.31. The van der Waals surface area contributed by atoms with Gasteiger partial charge in [-0.3, -0.25) is 4.55 Å². The first kappa shape index (κ1) is 52.2. The molecule has 0 unspecified atom stereocenters. The number of aromatic hydroxyl groups is 1. The van der Waals surface area contributed by atoms with Gasteiger partial charge >= 0.3 is 33.4 Å². The summed E-state index contributed by atoms with van der Waals surface area (Å²) in [6.45, 7) is 3.82. The Balaban J connectivity index is 0.000000349. The van der Waals surface area contributed by atoms with Crippen LogP contribution in [0.2, 0.25) is 0 Å². The van der Waals surface area contributed by atoms with Gasteiger partial charge in [-0.15, -0.1) is 0 Å². The Hall–Kier alpha value is -7.14. The number of phenolic OH excluding ortho intramolecular Hbond substituents is 1. The fourth-order valence-electron chi connectivity index (χ4n) is 6.68. The maximum atomic E-state index is 13.6. The van der Waals surface area contributed by atoms with Crippen LogP contribution >= 0.6 is 0 Å². The van der Waals surface area contributed by atoms with Crippen LogP contribution in [-0.2, 0) is 35.3 Å². The van der Waals surface area contributed by atoms with E-state index in [1.807, 2.05) is 18.2 Å². The van der Waals surface area contributed by atoms with Crippen LogP contribution in [0.5, 0.6) is 17.2 Å². The van der Waals surface area contributed by atoms with Crippen LogP contribution in [-0.4, -0.2) is 60.2 Å². The van der Waals surface area contributed by atoms with Crippen LogP contribution in [0.4, 0.5) is 22.4 Å². The highest BCUT2D eigenvalue weighted by molar-refractivity contribution is 7.97. The molecule has 16 heteroatoms. The van der Waals surface area contributed by atoms with Gasteiger partial charge in [-0.25, -0.2) is 9.59 Å². The Bertz CT molecular complexity index is 2820. The molecule has 10 nitrogen and oxygen atoms in total. The van der Waals surface area contributed by atoms with Gasteiger partial charge in [-0.05, 0) is 152 Å². The van der Waals surface area contributed by atoms with Crippen LogP contribution in [0.3, 0.4) is 0 Å². The van der Waals surface area contributed by atoms with Crippen molar-refractivity contribution in [2.24, 2.45) is 0 Å². The molecule has 0 atom stereocenters. The third-order valence-corrected chi connectivity index (χ3v) is 13.2. The quantitative estimate of drug-likeness (QED) is 0.0240. The number of benzene rings is 7. The zero-order chi connectivity index (χ0) is 50.5. The SMILES string of the molecule is CC(C)(C)OC(=O)Oc1ccc(-c2cc(-c3ccc(O)cc3)cc(-c3ccc(OCC(=O)OCCCC(F)(F)C(F)(F)S(=O)(=O)O)cc3)c2)cc1.c1ccc([S+](c2ccccc2)c2ccccc2)cc1. The van der Waals surface area contributed by atoms with Gasteiger partial charge in [0.1, 0.15) is 22.8 Å².